The summed E-state index contributed by atoms with van der Waals surface area (Å²) in [5.41, 5.74) is 1.64. The lowest BCUT2D eigenvalue weighted by atomic mass is 10.0. The van der Waals surface area contributed by atoms with Gasteiger partial charge in [-0.1, -0.05) is 5.16 Å². The minimum Gasteiger partial charge on any atom is -0.312 e. The molecule has 0 unspecified atom stereocenters. The molecule has 2 aromatic carbocycles. The number of aromatic nitrogens is 1. The lowest BCUT2D eigenvalue weighted by Gasteiger charge is -2.06. The molecule has 0 amide bonds. The third-order valence-electron chi connectivity index (χ3n) is 3.35. The van der Waals surface area contributed by atoms with E-state index in [1.807, 2.05) is 0 Å². The Kier molecular flexibility index (Phi) is 4.89. The molecule has 0 spiro atoms. The van der Waals surface area contributed by atoms with Crippen molar-refractivity contribution in [3.63, 3.8) is 0 Å². The molecule has 6 heteroatoms. The van der Waals surface area contributed by atoms with E-state index < -0.39 is 17.6 Å². The van der Waals surface area contributed by atoms with Crippen LogP contribution in [0.1, 0.15) is 21.5 Å². The number of oxime groups is 1. The zero-order chi connectivity index (χ0) is 17.6. The molecule has 0 aliphatic carbocycles. The highest BCUT2D eigenvalue weighted by Gasteiger charge is 2.12. The molecule has 0 N–H and O–H groups in total. The molecular weight excluding hydrogens is 326 g/mol. The molecule has 0 fully saturated rings. The van der Waals surface area contributed by atoms with Gasteiger partial charge in [0.05, 0.1) is 5.56 Å². The SMILES string of the molecule is O=C(ON=C(c1ccc(F)cc1)c1cccnc1)c1ccc(F)cc1. The van der Waals surface area contributed by atoms with Gasteiger partial charge in [-0.3, -0.25) is 4.98 Å². The van der Waals surface area contributed by atoms with Gasteiger partial charge in [-0.2, -0.15) is 0 Å². The molecule has 0 bridgehead atoms. The average Bonchev–Trinajstić information content (AvgIpc) is 2.64. The summed E-state index contributed by atoms with van der Waals surface area (Å²) in [4.78, 5) is 21.0. The van der Waals surface area contributed by atoms with Gasteiger partial charge in [0.1, 0.15) is 17.3 Å². The topological polar surface area (TPSA) is 51.5 Å². The quantitative estimate of drug-likeness (QED) is 0.411. The van der Waals surface area contributed by atoms with Crippen molar-refractivity contribution in [1.29, 1.82) is 0 Å². The summed E-state index contributed by atoms with van der Waals surface area (Å²) in [6.07, 6.45) is 3.14. The standard InChI is InChI=1S/C19H12F2N2O2/c20-16-7-3-13(4-8-16)18(15-2-1-11-22-12-15)23-25-19(24)14-5-9-17(21)10-6-14/h1-12H. The zero-order valence-electron chi connectivity index (χ0n) is 12.9. The Labute approximate surface area is 142 Å². The molecule has 1 heterocycles. The fourth-order valence-corrected chi connectivity index (χ4v) is 2.11. The van der Waals surface area contributed by atoms with Gasteiger partial charge in [-0.05, 0) is 60.7 Å². The molecule has 3 rings (SSSR count). The summed E-state index contributed by atoms with van der Waals surface area (Å²) in [5, 5.41) is 3.90. The van der Waals surface area contributed by atoms with E-state index in [4.69, 9.17) is 4.84 Å². The van der Waals surface area contributed by atoms with E-state index in [1.54, 1.807) is 24.5 Å². The second-order valence-corrected chi connectivity index (χ2v) is 5.07. The van der Waals surface area contributed by atoms with E-state index >= 15 is 0 Å². The van der Waals surface area contributed by atoms with Crippen molar-refractivity contribution in [1.82, 2.24) is 4.98 Å². The number of benzene rings is 2. The molecule has 3 aromatic rings. The Morgan fingerprint density at radius 3 is 2.00 bits per heavy atom. The second-order valence-electron chi connectivity index (χ2n) is 5.07. The molecule has 0 aliphatic rings. The molecule has 0 atom stereocenters. The number of hydrogen-bond acceptors (Lipinski definition) is 4. The Morgan fingerprint density at radius 2 is 1.44 bits per heavy atom. The third-order valence-corrected chi connectivity index (χ3v) is 3.35. The number of nitrogens with zero attached hydrogens (tertiary/aromatic N) is 2. The molecule has 0 saturated carbocycles. The largest absolute Gasteiger partial charge is 0.365 e. The van der Waals surface area contributed by atoms with Crippen LogP contribution in [0.2, 0.25) is 0 Å². The predicted octanol–water partition coefficient (Wildman–Crippen LogP) is 3.97. The summed E-state index contributed by atoms with van der Waals surface area (Å²) in [6, 6.07) is 14.0. The maximum absolute atomic E-state index is 13.2. The van der Waals surface area contributed by atoms with Crippen LogP contribution in [-0.4, -0.2) is 16.7 Å². The molecule has 25 heavy (non-hydrogen) atoms. The lowest BCUT2D eigenvalue weighted by Crippen LogP contribution is -2.08. The number of rotatable bonds is 4. The van der Waals surface area contributed by atoms with Crippen LogP contribution in [0.5, 0.6) is 0 Å². The molecule has 0 aliphatic heterocycles. The molecule has 0 radical (unpaired) electrons. The highest BCUT2D eigenvalue weighted by Crippen LogP contribution is 2.13. The van der Waals surface area contributed by atoms with E-state index in [1.165, 1.54) is 36.4 Å². The van der Waals surface area contributed by atoms with Crippen molar-refractivity contribution >= 4 is 11.7 Å². The minimum absolute atomic E-state index is 0.162. The van der Waals surface area contributed by atoms with Gasteiger partial charge in [0, 0.05) is 23.5 Å². The Balaban J connectivity index is 1.91. The monoisotopic (exact) mass is 338 g/mol. The van der Waals surface area contributed by atoms with Crippen LogP contribution in [-0.2, 0) is 4.84 Å². The normalized spacial score (nSPS) is 11.2. The number of carbonyl (C=O) groups excluding carboxylic acids is 1. The fraction of sp³-hybridized carbons (Fsp3) is 0. The second kappa shape index (κ2) is 7.44. The van der Waals surface area contributed by atoms with Crippen molar-refractivity contribution in [3.05, 3.63) is 101 Å². The van der Waals surface area contributed by atoms with Gasteiger partial charge < -0.3 is 4.84 Å². The van der Waals surface area contributed by atoms with Crippen LogP contribution in [0.3, 0.4) is 0 Å². The van der Waals surface area contributed by atoms with Crippen LogP contribution >= 0.6 is 0 Å². The predicted molar refractivity (Wildman–Crippen MR) is 88.1 cm³/mol. The highest BCUT2D eigenvalue weighted by atomic mass is 19.1. The lowest BCUT2D eigenvalue weighted by molar-refractivity contribution is 0.0517. The number of halogens is 2. The minimum atomic E-state index is -0.733. The van der Waals surface area contributed by atoms with Gasteiger partial charge in [-0.15, -0.1) is 0 Å². The summed E-state index contributed by atoms with van der Waals surface area (Å²) in [5.74, 6) is -1.58. The molecule has 124 valence electrons. The fourth-order valence-electron chi connectivity index (χ4n) is 2.11. The number of hydrogen-bond donors (Lipinski definition) is 0. The first-order chi connectivity index (χ1) is 12.1. The van der Waals surface area contributed by atoms with Crippen molar-refractivity contribution in [3.8, 4) is 0 Å². The van der Waals surface area contributed by atoms with E-state index in [0.717, 1.165) is 12.1 Å². The first-order valence-electron chi connectivity index (χ1n) is 7.35. The smallest absolute Gasteiger partial charge is 0.312 e. The highest BCUT2D eigenvalue weighted by molar-refractivity contribution is 6.12. The first-order valence-corrected chi connectivity index (χ1v) is 7.35. The van der Waals surface area contributed by atoms with Crippen molar-refractivity contribution in [2.45, 2.75) is 0 Å². The number of pyridine rings is 1. The van der Waals surface area contributed by atoms with Gasteiger partial charge in [0.15, 0.2) is 0 Å². The maximum atomic E-state index is 13.2. The van der Waals surface area contributed by atoms with E-state index in [0.29, 0.717) is 16.8 Å². The van der Waals surface area contributed by atoms with E-state index in [-0.39, 0.29) is 5.56 Å². The van der Waals surface area contributed by atoms with Crippen molar-refractivity contribution in [2.24, 2.45) is 5.16 Å². The Bertz CT molecular complexity index is 893. The third kappa shape index (κ3) is 4.11. The number of carbonyl (C=O) groups is 1. The summed E-state index contributed by atoms with van der Waals surface area (Å²) < 4.78 is 26.1. The average molecular weight is 338 g/mol. The van der Waals surface area contributed by atoms with Crippen molar-refractivity contribution < 1.29 is 18.4 Å². The van der Waals surface area contributed by atoms with Gasteiger partial charge in [0.2, 0.25) is 0 Å². The van der Waals surface area contributed by atoms with Crippen LogP contribution in [0.15, 0.2) is 78.2 Å². The van der Waals surface area contributed by atoms with Gasteiger partial charge in [0.25, 0.3) is 0 Å². The van der Waals surface area contributed by atoms with Crippen LogP contribution < -0.4 is 0 Å². The van der Waals surface area contributed by atoms with Crippen LogP contribution in [0, 0.1) is 11.6 Å². The van der Waals surface area contributed by atoms with Gasteiger partial charge in [-0.25, -0.2) is 13.6 Å². The van der Waals surface area contributed by atoms with Crippen molar-refractivity contribution in [2.75, 3.05) is 0 Å². The molecule has 4 nitrogen and oxygen atoms in total. The summed E-state index contributed by atoms with van der Waals surface area (Å²) >= 11 is 0. The maximum Gasteiger partial charge on any atom is 0.365 e. The summed E-state index contributed by atoms with van der Waals surface area (Å²) in [6.45, 7) is 0. The molecular formula is C19H12F2N2O2. The Hall–Kier alpha value is -3.41. The van der Waals surface area contributed by atoms with Crippen LogP contribution in [0.4, 0.5) is 8.78 Å². The summed E-state index contributed by atoms with van der Waals surface area (Å²) in [7, 11) is 0. The van der Waals surface area contributed by atoms with Crippen LogP contribution in [0.25, 0.3) is 0 Å². The Morgan fingerprint density at radius 1 is 0.840 bits per heavy atom. The van der Waals surface area contributed by atoms with Gasteiger partial charge >= 0.3 is 5.97 Å². The molecule has 0 saturated heterocycles. The van der Waals surface area contributed by atoms with E-state index in [9.17, 15) is 13.6 Å². The first kappa shape index (κ1) is 16.4. The molecule has 1 aromatic heterocycles. The van der Waals surface area contributed by atoms with E-state index in [2.05, 4.69) is 10.1 Å². The zero-order valence-corrected chi connectivity index (χ0v) is 12.9.